The van der Waals surface area contributed by atoms with Gasteiger partial charge in [-0.3, -0.25) is 4.79 Å². The molecular formula is C14H18F3N3OS. The van der Waals surface area contributed by atoms with Crippen LogP contribution in [-0.2, 0) is 11.0 Å². The van der Waals surface area contributed by atoms with Crippen LogP contribution in [0.1, 0.15) is 38.3 Å². The van der Waals surface area contributed by atoms with Crippen LogP contribution in [0.5, 0.6) is 0 Å². The van der Waals surface area contributed by atoms with E-state index in [1.54, 1.807) is 11.8 Å². The smallest absolute Gasteiger partial charge is 0.342 e. The number of carbonyl (C=O) groups excluding carboxylic acids is 1. The van der Waals surface area contributed by atoms with Crippen molar-refractivity contribution >= 4 is 17.7 Å². The maximum absolute atomic E-state index is 12.6. The third kappa shape index (κ3) is 4.59. The lowest BCUT2D eigenvalue weighted by molar-refractivity contribution is -0.141. The first-order valence-corrected chi connectivity index (χ1v) is 8.11. The average Bonchev–Trinajstić information content (AvgIpc) is 2.75. The molecule has 2 heterocycles. The summed E-state index contributed by atoms with van der Waals surface area (Å²) in [5.41, 5.74) is -0.987. The number of aromatic nitrogens is 2. The van der Waals surface area contributed by atoms with Crippen molar-refractivity contribution < 1.29 is 18.0 Å². The molecule has 1 aliphatic heterocycles. The lowest BCUT2D eigenvalue weighted by Gasteiger charge is -2.23. The maximum Gasteiger partial charge on any atom is 0.433 e. The molecule has 22 heavy (non-hydrogen) atoms. The van der Waals surface area contributed by atoms with Gasteiger partial charge >= 0.3 is 6.18 Å². The van der Waals surface area contributed by atoms with E-state index >= 15 is 0 Å². The van der Waals surface area contributed by atoms with E-state index in [-0.39, 0.29) is 11.1 Å². The SMILES string of the molecule is CC(Sc1nccc(C(F)(F)F)n1)C(=O)N1CCCCCC1. The van der Waals surface area contributed by atoms with Crippen LogP contribution in [0.4, 0.5) is 13.2 Å². The van der Waals surface area contributed by atoms with Gasteiger partial charge in [0.25, 0.3) is 0 Å². The normalized spacial score (nSPS) is 17.9. The standard InChI is InChI=1S/C14H18F3N3OS/c1-10(12(21)20-8-4-2-3-5-9-20)22-13-18-7-6-11(19-13)14(15,16)17/h6-7,10H,2-5,8-9H2,1H3. The number of alkyl halides is 3. The largest absolute Gasteiger partial charge is 0.433 e. The zero-order chi connectivity index (χ0) is 16.2. The summed E-state index contributed by atoms with van der Waals surface area (Å²) in [4.78, 5) is 21.5. The average molecular weight is 333 g/mol. The van der Waals surface area contributed by atoms with Gasteiger partial charge in [-0.05, 0) is 25.8 Å². The minimum Gasteiger partial charge on any atom is -0.342 e. The van der Waals surface area contributed by atoms with Gasteiger partial charge in [0.1, 0.15) is 5.69 Å². The predicted molar refractivity (Wildman–Crippen MR) is 77.4 cm³/mol. The summed E-state index contributed by atoms with van der Waals surface area (Å²) >= 11 is 0.969. The number of hydrogen-bond donors (Lipinski definition) is 0. The van der Waals surface area contributed by atoms with Crippen LogP contribution in [0.15, 0.2) is 17.4 Å². The Balaban J connectivity index is 2.01. The molecule has 0 bridgehead atoms. The molecule has 1 fully saturated rings. The molecule has 1 aromatic rings. The first-order valence-electron chi connectivity index (χ1n) is 7.23. The van der Waals surface area contributed by atoms with E-state index in [1.807, 2.05) is 0 Å². The molecule has 4 nitrogen and oxygen atoms in total. The van der Waals surface area contributed by atoms with Crippen LogP contribution in [0, 0.1) is 0 Å². The lowest BCUT2D eigenvalue weighted by atomic mass is 10.2. The number of carbonyl (C=O) groups is 1. The van der Waals surface area contributed by atoms with Crippen molar-refractivity contribution in [2.75, 3.05) is 13.1 Å². The molecule has 0 spiro atoms. The minimum atomic E-state index is -4.50. The number of halogens is 3. The summed E-state index contributed by atoms with van der Waals surface area (Å²) in [5.74, 6) is -0.0621. The number of rotatable bonds is 3. The summed E-state index contributed by atoms with van der Waals surface area (Å²) < 4.78 is 37.9. The summed E-state index contributed by atoms with van der Waals surface area (Å²) in [6, 6.07) is 0.825. The highest BCUT2D eigenvalue weighted by atomic mass is 32.2. The van der Waals surface area contributed by atoms with Gasteiger partial charge < -0.3 is 4.90 Å². The Kier molecular flexibility index (Phi) is 5.66. The minimum absolute atomic E-state index is 0.0227. The van der Waals surface area contributed by atoms with Crippen LogP contribution in [0.25, 0.3) is 0 Å². The van der Waals surface area contributed by atoms with Gasteiger partial charge in [0, 0.05) is 19.3 Å². The number of likely N-dealkylation sites (tertiary alicyclic amines) is 1. The van der Waals surface area contributed by atoms with Crippen LogP contribution in [-0.4, -0.2) is 39.1 Å². The first-order chi connectivity index (χ1) is 10.4. The van der Waals surface area contributed by atoms with Crippen LogP contribution >= 0.6 is 11.8 Å². The van der Waals surface area contributed by atoms with Crippen molar-refractivity contribution in [3.63, 3.8) is 0 Å². The molecule has 0 aromatic carbocycles. The molecule has 1 atom stereocenters. The fourth-order valence-corrected chi connectivity index (χ4v) is 3.15. The number of hydrogen-bond acceptors (Lipinski definition) is 4. The van der Waals surface area contributed by atoms with Gasteiger partial charge in [0.05, 0.1) is 5.25 Å². The van der Waals surface area contributed by atoms with E-state index in [9.17, 15) is 18.0 Å². The Bertz CT molecular complexity index is 516. The molecule has 1 unspecified atom stereocenters. The van der Waals surface area contributed by atoms with Crippen molar-refractivity contribution in [2.45, 2.75) is 49.2 Å². The fourth-order valence-electron chi connectivity index (χ4n) is 2.31. The monoisotopic (exact) mass is 333 g/mol. The highest BCUT2D eigenvalue weighted by molar-refractivity contribution is 8.00. The van der Waals surface area contributed by atoms with Gasteiger partial charge in [-0.25, -0.2) is 9.97 Å². The van der Waals surface area contributed by atoms with Crippen molar-refractivity contribution in [1.29, 1.82) is 0 Å². The second kappa shape index (κ2) is 7.30. The summed E-state index contributed by atoms with van der Waals surface area (Å²) in [6.45, 7) is 3.11. The van der Waals surface area contributed by atoms with E-state index in [4.69, 9.17) is 0 Å². The van der Waals surface area contributed by atoms with Crippen molar-refractivity contribution in [3.05, 3.63) is 18.0 Å². The Hall–Kier alpha value is -1.31. The van der Waals surface area contributed by atoms with Crippen LogP contribution in [0.3, 0.4) is 0 Å². The van der Waals surface area contributed by atoms with E-state index in [2.05, 4.69) is 9.97 Å². The van der Waals surface area contributed by atoms with Gasteiger partial charge in [-0.2, -0.15) is 13.2 Å². The Morgan fingerprint density at radius 1 is 1.27 bits per heavy atom. The summed E-state index contributed by atoms with van der Waals surface area (Å²) in [7, 11) is 0. The quantitative estimate of drug-likeness (QED) is 0.628. The topological polar surface area (TPSA) is 46.1 Å². The lowest BCUT2D eigenvalue weighted by Crippen LogP contribution is -2.37. The highest BCUT2D eigenvalue weighted by Crippen LogP contribution is 2.29. The summed E-state index contributed by atoms with van der Waals surface area (Å²) in [6.07, 6.45) is 0.744. The van der Waals surface area contributed by atoms with Gasteiger partial charge in [0.15, 0.2) is 5.16 Å². The molecule has 0 N–H and O–H groups in total. The van der Waals surface area contributed by atoms with Gasteiger partial charge in [0.2, 0.25) is 5.91 Å². The molecule has 1 amide bonds. The summed E-state index contributed by atoms with van der Waals surface area (Å²) in [5, 5.41) is -0.521. The molecule has 0 aliphatic carbocycles. The number of amides is 1. The second-order valence-electron chi connectivity index (χ2n) is 5.22. The van der Waals surface area contributed by atoms with E-state index in [0.29, 0.717) is 13.1 Å². The van der Waals surface area contributed by atoms with Crippen LogP contribution < -0.4 is 0 Å². The molecular weight excluding hydrogens is 315 g/mol. The second-order valence-corrected chi connectivity index (χ2v) is 6.53. The Morgan fingerprint density at radius 2 is 1.91 bits per heavy atom. The number of thioether (sulfide) groups is 1. The van der Waals surface area contributed by atoms with Crippen molar-refractivity contribution in [1.82, 2.24) is 14.9 Å². The molecule has 1 saturated heterocycles. The highest BCUT2D eigenvalue weighted by Gasteiger charge is 2.33. The van der Waals surface area contributed by atoms with Gasteiger partial charge in [-0.1, -0.05) is 24.6 Å². The molecule has 2 rings (SSSR count). The first kappa shape index (κ1) is 17.1. The molecule has 122 valence electrons. The molecule has 1 aliphatic rings. The van der Waals surface area contributed by atoms with Crippen molar-refractivity contribution in [3.8, 4) is 0 Å². The molecule has 0 saturated carbocycles. The zero-order valence-electron chi connectivity index (χ0n) is 12.3. The van der Waals surface area contributed by atoms with E-state index in [1.165, 1.54) is 0 Å². The van der Waals surface area contributed by atoms with Crippen molar-refractivity contribution in [2.24, 2.45) is 0 Å². The van der Waals surface area contributed by atoms with Gasteiger partial charge in [-0.15, -0.1) is 0 Å². The zero-order valence-corrected chi connectivity index (χ0v) is 13.1. The maximum atomic E-state index is 12.6. The predicted octanol–water partition coefficient (Wildman–Crippen LogP) is 3.38. The Morgan fingerprint density at radius 3 is 2.50 bits per heavy atom. The molecule has 0 radical (unpaired) electrons. The fraction of sp³-hybridized carbons (Fsp3) is 0.643. The number of nitrogens with zero attached hydrogens (tertiary/aromatic N) is 3. The Labute approximate surface area is 131 Å². The van der Waals surface area contributed by atoms with E-state index < -0.39 is 17.1 Å². The third-order valence-electron chi connectivity index (χ3n) is 3.47. The molecule has 8 heteroatoms. The van der Waals surface area contributed by atoms with Crippen LogP contribution in [0.2, 0.25) is 0 Å². The van der Waals surface area contributed by atoms with E-state index in [0.717, 1.165) is 49.7 Å². The molecule has 1 aromatic heterocycles. The third-order valence-corrected chi connectivity index (χ3v) is 4.43.